The van der Waals surface area contributed by atoms with E-state index in [1.165, 1.54) is 0 Å². The van der Waals surface area contributed by atoms with Crippen molar-refractivity contribution < 1.29 is 0 Å². The van der Waals surface area contributed by atoms with Crippen molar-refractivity contribution in [2.24, 2.45) is 10.2 Å². The minimum Gasteiger partial charge on any atom is -0.345 e. The van der Waals surface area contributed by atoms with Crippen molar-refractivity contribution in [3.05, 3.63) is 60.0 Å². The van der Waals surface area contributed by atoms with E-state index < -0.39 is 0 Å². The Bertz CT molecular complexity index is 482. The molecule has 15 heavy (non-hydrogen) atoms. The molecule has 0 aromatic carbocycles. The van der Waals surface area contributed by atoms with Crippen LogP contribution in [-0.2, 0) is 0 Å². The minimum absolute atomic E-state index is 0.725. The summed E-state index contributed by atoms with van der Waals surface area (Å²) in [5.74, 6) is 0. The van der Waals surface area contributed by atoms with Crippen molar-refractivity contribution in [3.63, 3.8) is 0 Å². The Morgan fingerprint density at radius 3 is 2.73 bits per heavy atom. The van der Waals surface area contributed by atoms with Crippen LogP contribution in [0.5, 0.6) is 0 Å². The molecule has 0 spiro atoms. The van der Waals surface area contributed by atoms with E-state index in [4.69, 9.17) is 0 Å². The summed E-state index contributed by atoms with van der Waals surface area (Å²) in [4.78, 5) is 6.88. The number of rotatable bonds is 2. The maximum atomic E-state index is 4.00. The van der Waals surface area contributed by atoms with E-state index in [0.717, 1.165) is 11.1 Å². The average molecular weight is 198 g/mol. The van der Waals surface area contributed by atoms with E-state index in [0.29, 0.717) is 0 Å². The second-order valence-electron chi connectivity index (χ2n) is 2.87. The van der Waals surface area contributed by atoms with Crippen LogP contribution in [0.2, 0.25) is 0 Å². The SMILES string of the molecule is C(=NN=c1cccc[nH]1)c1ccncc1. The van der Waals surface area contributed by atoms with Gasteiger partial charge in [-0.2, -0.15) is 5.10 Å². The lowest BCUT2D eigenvalue weighted by Crippen LogP contribution is -2.02. The Labute approximate surface area is 87.1 Å². The Hall–Kier alpha value is -2.23. The zero-order chi connectivity index (χ0) is 10.3. The van der Waals surface area contributed by atoms with Gasteiger partial charge >= 0.3 is 0 Å². The molecule has 0 unspecified atom stereocenters. The van der Waals surface area contributed by atoms with Crippen molar-refractivity contribution in [1.29, 1.82) is 0 Å². The Morgan fingerprint density at radius 2 is 2.00 bits per heavy atom. The van der Waals surface area contributed by atoms with Crippen molar-refractivity contribution >= 4 is 6.21 Å². The summed E-state index contributed by atoms with van der Waals surface area (Å²) >= 11 is 0. The smallest absolute Gasteiger partial charge is 0.152 e. The number of H-pyrrole nitrogens is 1. The second kappa shape index (κ2) is 4.85. The van der Waals surface area contributed by atoms with Crippen molar-refractivity contribution in [2.45, 2.75) is 0 Å². The fourth-order valence-corrected chi connectivity index (χ4v) is 1.05. The lowest BCUT2D eigenvalue weighted by atomic mass is 10.3. The van der Waals surface area contributed by atoms with Crippen LogP contribution in [0, 0.1) is 0 Å². The molecule has 2 aromatic heterocycles. The maximum Gasteiger partial charge on any atom is 0.152 e. The summed E-state index contributed by atoms with van der Waals surface area (Å²) < 4.78 is 0. The standard InChI is InChI=1S/C11H10N4/c1-2-6-13-11(3-1)15-14-9-10-4-7-12-8-5-10/h1-9H,(H,13,15). The van der Waals surface area contributed by atoms with Crippen molar-refractivity contribution in [1.82, 2.24) is 9.97 Å². The highest BCUT2D eigenvalue weighted by Crippen LogP contribution is 1.90. The lowest BCUT2D eigenvalue weighted by molar-refractivity contribution is 1.05. The van der Waals surface area contributed by atoms with Gasteiger partial charge in [-0.3, -0.25) is 4.98 Å². The van der Waals surface area contributed by atoms with Crippen LogP contribution in [0.4, 0.5) is 0 Å². The topological polar surface area (TPSA) is 53.4 Å². The fourth-order valence-electron chi connectivity index (χ4n) is 1.05. The summed E-state index contributed by atoms with van der Waals surface area (Å²) in [7, 11) is 0. The van der Waals surface area contributed by atoms with Crippen LogP contribution in [0.1, 0.15) is 5.56 Å². The van der Waals surface area contributed by atoms with Gasteiger partial charge in [-0.25, -0.2) is 0 Å². The first-order chi connectivity index (χ1) is 7.45. The van der Waals surface area contributed by atoms with Gasteiger partial charge in [0.15, 0.2) is 5.49 Å². The molecule has 0 radical (unpaired) electrons. The van der Waals surface area contributed by atoms with Crippen LogP contribution >= 0.6 is 0 Å². The van der Waals surface area contributed by atoms with Crippen LogP contribution in [0.25, 0.3) is 0 Å². The van der Waals surface area contributed by atoms with Crippen molar-refractivity contribution in [2.75, 3.05) is 0 Å². The van der Waals surface area contributed by atoms with Crippen molar-refractivity contribution in [3.8, 4) is 0 Å². The minimum atomic E-state index is 0.725. The van der Waals surface area contributed by atoms with Crippen LogP contribution in [0.3, 0.4) is 0 Å². The summed E-state index contributed by atoms with van der Waals surface area (Å²) in [6.45, 7) is 0. The van der Waals surface area contributed by atoms with Gasteiger partial charge < -0.3 is 4.98 Å². The normalized spacial score (nSPS) is 12.1. The van der Waals surface area contributed by atoms with Gasteiger partial charge in [-0.1, -0.05) is 6.07 Å². The monoisotopic (exact) mass is 198 g/mol. The number of aromatic amines is 1. The van der Waals surface area contributed by atoms with E-state index in [-0.39, 0.29) is 0 Å². The van der Waals surface area contributed by atoms with E-state index in [1.54, 1.807) is 24.8 Å². The number of aromatic nitrogens is 2. The average Bonchev–Trinajstić information content (AvgIpc) is 2.32. The third kappa shape index (κ3) is 2.87. The highest BCUT2D eigenvalue weighted by molar-refractivity contribution is 5.78. The molecule has 0 saturated carbocycles. The number of nitrogens with one attached hydrogen (secondary N) is 1. The Morgan fingerprint density at radius 1 is 1.13 bits per heavy atom. The van der Waals surface area contributed by atoms with Crippen LogP contribution < -0.4 is 5.49 Å². The Kier molecular flexibility index (Phi) is 3.02. The van der Waals surface area contributed by atoms with E-state index in [2.05, 4.69) is 20.2 Å². The molecule has 74 valence electrons. The van der Waals surface area contributed by atoms with Gasteiger partial charge in [-0.15, -0.1) is 5.10 Å². The summed E-state index contributed by atoms with van der Waals surface area (Å²) in [6.07, 6.45) is 6.93. The zero-order valence-electron chi connectivity index (χ0n) is 8.04. The van der Waals surface area contributed by atoms with Crippen LogP contribution in [-0.4, -0.2) is 16.2 Å². The zero-order valence-corrected chi connectivity index (χ0v) is 8.04. The molecule has 0 aliphatic carbocycles. The number of nitrogens with zero attached hydrogens (tertiary/aromatic N) is 3. The molecule has 2 heterocycles. The van der Waals surface area contributed by atoms with E-state index in [1.807, 2.05) is 30.3 Å². The quantitative estimate of drug-likeness (QED) is 0.574. The Balaban J connectivity index is 2.15. The summed E-state index contributed by atoms with van der Waals surface area (Å²) in [5.41, 5.74) is 1.70. The highest BCUT2D eigenvalue weighted by Gasteiger charge is 1.82. The van der Waals surface area contributed by atoms with Gasteiger partial charge in [0.05, 0.1) is 6.21 Å². The molecule has 0 aliphatic rings. The molecule has 0 atom stereocenters. The lowest BCUT2D eigenvalue weighted by Gasteiger charge is -1.87. The first-order valence-corrected chi connectivity index (χ1v) is 4.56. The molecule has 2 aromatic rings. The number of hydrogen-bond acceptors (Lipinski definition) is 3. The molecule has 2 rings (SSSR count). The van der Waals surface area contributed by atoms with Crippen LogP contribution in [0.15, 0.2) is 59.1 Å². The molecule has 0 amide bonds. The largest absolute Gasteiger partial charge is 0.345 e. The third-order valence-electron chi connectivity index (χ3n) is 1.77. The fraction of sp³-hybridized carbons (Fsp3) is 0. The van der Waals surface area contributed by atoms with E-state index in [9.17, 15) is 0 Å². The molecule has 0 fully saturated rings. The molecular weight excluding hydrogens is 188 g/mol. The van der Waals surface area contributed by atoms with Gasteiger partial charge in [0.2, 0.25) is 0 Å². The summed E-state index contributed by atoms with van der Waals surface area (Å²) in [5, 5.41) is 7.95. The molecule has 1 N–H and O–H groups in total. The van der Waals surface area contributed by atoms with Gasteiger partial charge in [0.25, 0.3) is 0 Å². The predicted molar refractivity (Wildman–Crippen MR) is 58.2 cm³/mol. The number of pyridine rings is 2. The van der Waals surface area contributed by atoms with Gasteiger partial charge in [0, 0.05) is 18.6 Å². The highest BCUT2D eigenvalue weighted by atomic mass is 15.2. The first kappa shape index (κ1) is 9.33. The maximum absolute atomic E-state index is 4.00. The molecule has 0 bridgehead atoms. The number of hydrogen-bond donors (Lipinski definition) is 1. The molecule has 0 saturated heterocycles. The molecule has 4 heteroatoms. The molecule has 0 aliphatic heterocycles. The first-order valence-electron chi connectivity index (χ1n) is 4.56. The molecule has 4 nitrogen and oxygen atoms in total. The molecular formula is C11H10N4. The third-order valence-corrected chi connectivity index (χ3v) is 1.77. The predicted octanol–water partition coefficient (Wildman–Crippen LogP) is 1.34. The van der Waals surface area contributed by atoms with Gasteiger partial charge in [0.1, 0.15) is 0 Å². The van der Waals surface area contributed by atoms with E-state index >= 15 is 0 Å². The summed E-state index contributed by atoms with van der Waals surface area (Å²) in [6, 6.07) is 9.38. The van der Waals surface area contributed by atoms with Gasteiger partial charge in [-0.05, 0) is 29.8 Å². The second-order valence-corrected chi connectivity index (χ2v) is 2.87.